The molecule has 0 atom stereocenters. The maximum atomic E-state index is 12.6. The van der Waals surface area contributed by atoms with Gasteiger partial charge in [0.05, 0.1) is 17.0 Å². The highest BCUT2D eigenvalue weighted by molar-refractivity contribution is 7.92. The largest absolute Gasteiger partial charge is 0.491 e. The van der Waals surface area contributed by atoms with Crippen LogP contribution in [0.25, 0.3) is 0 Å². The molecule has 8 heteroatoms. The van der Waals surface area contributed by atoms with Gasteiger partial charge in [-0.25, -0.2) is 8.42 Å². The molecule has 2 aromatic carbocycles. The molecule has 1 heterocycles. The number of carbonyl (C=O) groups is 1. The van der Waals surface area contributed by atoms with Crippen molar-refractivity contribution in [3.8, 4) is 5.75 Å². The second-order valence-electron chi connectivity index (χ2n) is 5.96. The minimum Gasteiger partial charge on any atom is -0.491 e. The summed E-state index contributed by atoms with van der Waals surface area (Å²) in [7, 11) is -3.82. The van der Waals surface area contributed by atoms with Gasteiger partial charge in [0.2, 0.25) is 0 Å². The molecule has 1 amide bonds. The molecule has 0 unspecified atom stereocenters. The third-order valence-electron chi connectivity index (χ3n) is 4.20. The Balaban J connectivity index is 1.93. The van der Waals surface area contributed by atoms with Gasteiger partial charge >= 0.3 is 0 Å². The topological polar surface area (TPSA) is 75.7 Å². The molecule has 0 saturated heterocycles. The summed E-state index contributed by atoms with van der Waals surface area (Å²) in [6, 6.07) is 9.20. The predicted octanol–water partition coefficient (Wildman–Crippen LogP) is 3.30. The number of ether oxygens (including phenoxy) is 1. The lowest BCUT2D eigenvalue weighted by atomic mass is 10.1. The zero-order valence-electron chi connectivity index (χ0n) is 14.5. The Morgan fingerprint density at radius 1 is 1.23 bits per heavy atom. The van der Waals surface area contributed by atoms with Gasteiger partial charge in [-0.3, -0.25) is 9.52 Å². The van der Waals surface area contributed by atoms with Gasteiger partial charge in [0, 0.05) is 17.3 Å². The van der Waals surface area contributed by atoms with Gasteiger partial charge < -0.3 is 9.64 Å². The Labute approximate surface area is 157 Å². The molecular formula is C18H19ClN2O4S. The first-order valence-corrected chi connectivity index (χ1v) is 10.0. The minimum absolute atomic E-state index is 0.0563. The SMILES string of the molecule is CCN1CCOc2ccc(NS(=O)(=O)c3ccc(C)c(Cl)c3)cc2C1=O. The third-order valence-corrected chi connectivity index (χ3v) is 5.99. The van der Waals surface area contributed by atoms with Crippen LogP contribution in [-0.4, -0.2) is 38.9 Å². The molecule has 0 aliphatic carbocycles. The maximum absolute atomic E-state index is 12.6. The molecule has 1 N–H and O–H groups in total. The molecule has 1 aliphatic heterocycles. The number of nitrogens with zero attached hydrogens (tertiary/aromatic N) is 1. The molecule has 0 bridgehead atoms. The molecule has 0 aromatic heterocycles. The number of hydrogen-bond donors (Lipinski definition) is 1. The monoisotopic (exact) mass is 394 g/mol. The molecular weight excluding hydrogens is 376 g/mol. The fourth-order valence-corrected chi connectivity index (χ4v) is 4.00. The van der Waals surface area contributed by atoms with Crippen LogP contribution in [0.2, 0.25) is 5.02 Å². The van der Waals surface area contributed by atoms with Crippen molar-refractivity contribution in [1.82, 2.24) is 4.90 Å². The lowest BCUT2D eigenvalue weighted by Gasteiger charge is -2.17. The summed E-state index contributed by atoms with van der Waals surface area (Å²) in [5, 5.41) is 0.372. The van der Waals surface area contributed by atoms with Gasteiger partial charge in [0.15, 0.2) is 0 Å². The second kappa shape index (κ2) is 7.17. The second-order valence-corrected chi connectivity index (χ2v) is 8.05. The fourth-order valence-electron chi connectivity index (χ4n) is 2.68. The van der Waals surface area contributed by atoms with Crippen LogP contribution in [0.5, 0.6) is 5.75 Å². The van der Waals surface area contributed by atoms with Crippen LogP contribution in [0, 0.1) is 6.92 Å². The lowest BCUT2D eigenvalue weighted by molar-refractivity contribution is 0.0765. The summed E-state index contributed by atoms with van der Waals surface area (Å²) in [5.74, 6) is 0.270. The number of halogens is 1. The van der Waals surface area contributed by atoms with Crippen LogP contribution in [0.3, 0.4) is 0 Å². The molecule has 0 radical (unpaired) electrons. The van der Waals surface area contributed by atoms with E-state index in [-0.39, 0.29) is 16.5 Å². The van der Waals surface area contributed by atoms with Crippen molar-refractivity contribution >= 4 is 33.2 Å². The van der Waals surface area contributed by atoms with Crippen LogP contribution in [0.15, 0.2) is 41.3 Å². The zero-order chi connectivity index (χ0) is 18.9. The van der Waals surface area contributed by atoms with E-state index in [1.54, 1.807) is 30.0 Å². The van der Waals surface area contributed by atoms with Gasteiger partial charge in [-0.05, 0) is 49.7 Å². The van der Waals surface area contributed by atoms with Crippen molar-refractivity contribution < 1.29 is 17.9 Å². The Hall–Kier alpha value is -2.25. The molecule has 3 rings (SSSR count). The number of amides is 1. The Morgan fingerprint density at radius 2 is 2.00 bits per heavy atom. The van der Waals surface area contributed by atoms with E-state index in [1.165, 1.54) is 18.2 Å². The highest BCUT2D eigenvalue weighted by Crippen LogP contribution is 2.28. The van der Waals surface area contributed by atoms with Gasteiger partial charge in [0.1, 0.15) is 12.4 Å². The first-order chi connectivity index (χ1) is 12.3. The number of carbonyl (C=O) groups excluding carboxylic acids is 1. The van der Waals surface area contributed by atoms with Crippen LogP contribution < -0.4 is 9.46 Å². The summed E-state index contributed by atoms with van der Waals surface area (Å²) in [6.45, 7) is 5.13. The van der Waals surface area contributed by atoms with Crippen molar-refractivity contribution in [1.29, 1.82) is 0 Å². The Morgan fingerprint density at radius 3 is 2.69 bits per heavy atom. The molecule has 0 spiro atoms. The summed E-state index contributed by atoms with van der Waals surface area (Å²) in [5.41, 5.74) is 1.42. The summed E-state index contributed by atoms with van der Waals surface area (Å²) in [6.07, 6.45) is 0. The number of sulfonamides is 1. The first-order valence-electron chi connectivity index (χ1n) is 8.17. The van der Waals surface area contributed by atoms with Gasteiger partial charge in [-0.1, -0.05) is 17.7 Å². The summed E-state index contributed by atoms with van der Waals surface area (Å²) >= 11 is 6.03. The zero-order valence-corrected chi connectivity index (χ0v) is 16.0. The maximum Gasteiger partial charge on any atom is 0.261 e. The van der Waals surface area contributed by atoms with E-state index in [2.05, 4.69) is 4.72 Å². The standard InChI is InChI=1S/C18H19ClN2O4S/c1-3-21-8-9-25-17-7-5-13(10-15(17)18(21)22)20-26(23,24)14-6-4-12(2)16(19)11-14/h4-7,10-11,20H,3,8-9H2,1-2H3. The summed E-state index contributed by atoms with van der Waals surface area (Å²) < 4.78 is 33.3. The van der Waals surface area contributed by atoms with Crippen molar-refractivity contribution in [2.75, 3.05) is 24.4 Å². The molecule has 0 saturated carbocycles. The van der Waals surface area contributed by atoms with E-state index >= 15 is 0 Å². The fraction of sp³-hybridized carbons (Fsp3) is 0.278. The van der Waals surface area contributed by atoms with Gasteiger partial charge in [0.25, 0.3) is 15.9 Å². The van der Waals surface area contributed by atoms with Crippen molar-refractivity contribution in [3.05, 3.63) is 52.5 Å². The highest BCUT2D eigenvalue weighted by atomic mass is 35.5. The molecule has 138 valence electrons. The molecule has 6 nitrogen and oxygen atoms in total. The van der Waals surface area contributed by atoms with E-state index in [0.29, 0.717) is 36.0 Å². The van der Waals surface area contributed by atoms with Crippen LogP contribution >= 0.6 is 11.6 Å². The first kappa shape index (κ1) is 18.5. The number of nitrogens with one attached hydrogen (secondary N) is 1. The number of fused-ring (bicyclic) bond motifs is 1. The van der Waals surface area contributed by atoms with E-state index in [0.717, 1.165) is 5.56 Å². The third kappa shape index (κ3) is 3.64. The number of hydrogen-bond acceptors (Lipinski definition) is 4. The van der Waals surface area contributed by atoms with Gasteiger partial charge in [-0.2, -0.15) is 0 Å². The van der Waals surface area contributed by atoms with Crippen molar-refractivity contribution in [2.45, 2.75) is 18.7 Å². The number of anilines is 1. The number of rotatable bonds is 4. The van der Waals surface area contributed by atoms with E-state index < -0.39 is 10.0 Å². The van der Waals surface area contributed by atoms with E-state index in [1.807, 2.05) is 6.92 Å². The Kier molecular flexibility index (Phi) is 5.11. The Bertz CT molecular complexity index is 960. The van der Waals surface area contributed by atoms with Crippen LogP contribution in [0.4, 0.5) is 5.69 Å². The van der Waals surface area contributed by atoms with Crippen LogP contribution in [0.1, 0.15) is 22.8 Å². The highest BCUT2D eigenvalue weighted by Gasteiger charge is 2.24. The average molecular weight is 395 g/mol. The quantitative estimate of drug-likeness (QED) is 0.863. The average Bonchev–Trinajstić information content (AvgIpc) is 2.76. The lowest BCUT2D eigenvalue weighted by Crippen LogP contribution is -2.32. The number of benzene rings is 2. The van der Waals surface area contributed by atoms with E-state index in [4.69, 9.17) is 16.3 Å². The predicted molar refractivity (Wildman–Crippen MR) is 101 cm³/mol. The minimum atomic E-state index is -3.82. The molecule has 2 aromatic rings. The van der Waals surface area contributed by atoms with Crippen LogP contribution in [-0.2, 0) is 10.0 Å². The summed E-state index contributed by atoms with van der Waals surface area (Å²) in [4.78, 5) is 14.3. The molecule has 1 aliphatic rings. The van der Waals surface area contributed by atoms with E-state index in [9.17, 15) is 13.2 Å². The number of likely N-dealkylation sites (N-methyl/N-ethyl adjacent to an activating group) is 1. The number of aryl methyl sites for hydroxylation is 1. The smallest absolute Gasteiger partial charge is 0.261 e. The van der Waals surface area contributed by atoms with Gasteiger partial charge in [-0.15, -0.1) is 0 Å². The van der Waals surface area contributed by atoms with Crippen molar-refractivity contribution in [2.24, 2.45) is 0 Å². The molecule has 26 heavy (non-hydrogen) atoms. The normalized spacial score (nSPS) is 14.4. The molecule has 0 fully saturated rings. The van der Waals surface area contributed by atoms with Crippen molar-refractivity contribution in [3.63, 3.8) is 0 Å².